The number of nitrogens with zero attached hydrogens (tertiary/aromatic N) is 1. The van der Waals surface area contributed by atoms with E-state index in [1.807, 2.05) is 6.07 Å². The molecule has 0 amide bonds. The molecule has 2 N–H and O–H groups in total. The molecule has 0 spiro atoms. The predicted octanol–water partition coefficient (Wildman–Crippen LogP) is 0.895. The normalized spacial score (nSPS) is 11.8. The third kappa shape index (κ3) is 2.66. The van der Waals surface area contributed by atoms with Gasteiger partial charge in [-0.3, -0.25) is 4.98 Å². The zero-order valence-electron chi connectivity index (χ0n) is 9.70. The van der Waals surface area contributed by atoms with E-state index in [1.165, 1.54) is 0 Å². The lowest BCUT2D eigenvalue weighted by atomic mass is 10.2. The molecule has 0 atom stereocenters. The summed E-state index contributed by atoms with van der Waals surface area (Å²) in [4.78, 5) is 4.20. The van der Waals surface area contributed by atoms with Crippen molar-refractivity contribution in [2.75, 3.05) is 13.2 Å². The smallest absolute Gasteiger partial charge is 0.241 e. The molecule has 5 nitrogen and oxygen atoms in total. The Morgan fingerprint density at radius 2 is 2.11 bits per heavy atom. The van der Waals surface area contributed by atoms with E-state index in [4.69, 9.17) is 5.11 Å². The van der Waals surface area contributed by atoms with Crippen LogP contribution in [0, 0.1) is 0 Å². The highest BCUT2D eigenvalue weighted by Gasteiger charge is 2.16. The van der Waals surface area contributed by atoms with Gasteiger partial charge in [0.25, 0.3) is 0 Å². The molecular weight excluding hydrogens is 252 g/mol. The second-order valence-corrected chi connectivity index (χ2v) is 5.56. The molecule has 2 aromatic rings. The molecule has 1 aromatic heterocycles. The fraction of sp³-hybridized carbons (Fsp3) is 0.250. The number of fused-ring (bicyclic) bond motifs is 1. The second kappa shape index (κ2) is 5.43. The number of hydrogen-bond acceptors (Lipinski definition) is 4. The maximum Gasteiger partial charge on any atom is 0.241 e. The van der Waals surface area contributed by atoms with Crippen LogP contribution in [0.4, 0.5) is 0 Å². The largest absolute Gasteiger partial charge is 0.396 e. The first kappa shape index (κ1) is 12.9. The molecule has 0 aliphatic rings. The first-order valence-electron chi connectivity index (χ1n) is 5.58. The summed E-state index contributed by atoms with van der Waals surface area (Å²) in [6.07, 6.45) is 3.59. The number of benzene rings is 1. The third-order valence-electron chi connectivity index (χ3n) is 2.56. The Morgan fingerprint density at radius 3 is 2.89 bits per heavy atom. The van der Waals surface area contributed by atoms with Gasteiger partial charge in [0.05, 0.1) is 4.90 Å². The van der Waals surface area contributed by atoms with E-state index in [0.717, 1.165) is 5.39 Å². The van der Waals surface area contributed by atoms with Crippen LogP contribution in [0.2, 0.25) is 0 Å². The number of hydrogen-bond donors (Lipinski definition) is 2. The van der Waals surface area contributed by atoms with Crippen molar-refractivity contribution in [3.8, 4) is 0 Å². The summed E-state index contributed by atoms with van der Waals surface area (Å²) < 4.78 is 26.7. The monoisotopic (exact) mass is 266 g/mol. The molecule has 0 radical (unpaired) electrons. The number of aromatic nitrogens is 1. The molecule has 0 fully saturated rings. The molecule has 0 aliphatic carbocycles. The van der Waals surface area contributed by atoms with Crippen molar-refractivity contribution in [3.63, 3.8) is 0 Å². The van der Waals surface area contributed by atoms with Crippen LogP contribution in [0.3, 0.4) is 0 Å². The van der Waals surface area contributed by atoms with Gasteiger partial charge in [0, 0.05) is 36.3 Å². The van der Waals surface area contributed by atoms with Crippen molar-refractivity contribution in [3.05, 3.63) is 36.7 Å². The van der Waals surface area contributed by atoms with Crippen LogP contribution in [-0.4, -0.2) is 31.7 Å². The maximum atomic E-state index is 12.1. The fourth-order valence-corrected chi connectivity index (χ4v) is 2.99. The summed E-state index contributed by atoms with van der Waals surface area (Å²) in [5.41, 5.74) is 0. The van der Waals surface area contributed by atoms with Crippen LogP contribution in [0.1, 0.15) is 6.42 Å². The minimum atomic E-state index is -3.55. The average Bonchev–Trinajstić information content (AvgIpc) is 2.38. The summed E-state index contributed by atoms with van der Waals surface area (Å²) in [6.45, 7) is 0.183. The molecule has 0 saturated heterocycles. The molecule has 0 unspecified atom stereocenters. The summed E-state index contributed by atoms with van der Waals surface area (Å²) in [5.74, 6) is 0. The van der Waals surface area contributed by atoms with E-state index in [0.29, 0.717) is 11.8 Å². The van der Waals surface area contributed by atoms with E-state index in [2.05, 4.69) is 9.71 Å². The molecule has 0 saturated carbocycles. The highest BCUT2D eigenvalue weighted by Crippen LogP contribution is 2.21. The lowest BCUT2D eigenvalue weighted by molar-refractivity contribution is 0.289. The van der Waals surface area contributed by atoms with Crippen LogP contribution in [-0.2, 0) is 10.0 Å². The molecule has 96 valence electrons. The van der Waals surface area contributed by atoms with Gasteiger partial charge in [-0.2, -0.15) is 0 Å². The Kier molecular flexibility index (Phi) is 3.90. The van der Waals surface area contributed by atoms with Gasteiger partial charge in [-0.25, -0.2) is 13.1 Å². The molecule has 1 aromatic carbocycles. The van der Waals surface area contributed by atoms with Crippen LogP contribution < -0.4 is 4.72 Å². The van der Waals surface area contributed by atoms with Gasteiger partial charge < -0.3 is 5.11 Å². The molecular formula is C12H14N2O3S. The van der Waals surface area contributed by atoms with Crippen LogP contribution in [0.25, 0.3) is 10.8 Å². The first-order valence-corrected chi connectivity index (χ1v) is 7.07. The fourth-order valence-electron chi connectivity index (χ4n) is 1.69. The highest BCUT2D eigenvalue weighted by molar-refractivity contribution is 7.89. The quantitative estimate of drug-likeness (QED) is 0.788. The highest BCUT2D eigenvalue weighted by atomic mass is 32.2. The van der Waals surface area contributed by atoms with Gasteiger partial charge in [0.15, 0.2) is 0 Å². The van der Waals surface area contributed by atoms with E-state index < -0.39 is 10.0 Å². The Hall–Kier alpha value is -1.50. The van der Waals surface area contributed by atoms with Gasteiger partial charge in [0.2, 0.25) is 10.0 Å². The number of sulfonamides is 1. The maximum absolute atomic E-state index is 12.1. The molecule has 0 aliphatic heterocycles. The third-order valence-corrected chi connectivity index (χ3v) is 4.08. The van der Waals surface area contributed by atoms with Crippen molar-refractivity contribution < 1.29 is 13.5 Å². The molecule has 18 heavy (non-hydrogen) atoms. The number of nitrogens with one attached hydrogen (secondary N) is 1. The van der Waals surface area contributed by atoms with Gasteiger partial charge >= 0.3 is 0 Å². The summed E-state index contributed by atoms with van der Waals surface area (Å²) in [6, 6.07) is 6.74. The Morgan fingerprint density at radius 1 is 1.28 bits per heavy atom. The summed E-state index contributed by atoms with van der Waals surface area (Å²) in [5, 5.41) is 10.1. The first-order chi connectivity index (χ1) is 8.65. The van der Waals surface area contributed by atoms with Gasteiger partial charge in [-0.05, 0) is 18.6 Å². The van der Waals surface area contributed by atoms with Crippen molar-refractivity contribution in [2.45, 2.75) is 11.3 Å². The Bertz CT molecular complexity index is 635. The zero-order valence-corrected chi connectivity index (χ0v) is 10.5. The van der Waals surface area contributed by atoms with E-state index in [-0.39, 0.29) is 18.0 Å². The van der Waals surface area contributed by atoms with Crippen molar-refractivity contribution in [1.29, 1.82) is 0 Å². The van der Waals surface area contributed by atoms with E-state index >= 15 is 0 Å². The SMILES string of the molecule is O=S(=O)(NCCCO)c1cccc2cnccc12. The zero-order chi connectivity index (χ0) is 13.0. The lowest BCUT2D eigenvalue weighted by Crippen LogP contribution is -2.25. The van der Waals surface area contributed by atoms with Crippen molar-refractivity contribution >= 4 is 20.8 Å². The lowest BCUT2D eigenvalue weighted by Gasteiger charge is -2.08. The summed E-state index contributed by atoms with van der Waals surface area (Å²) in [7, 11) is -3.55. The van der Waals surface area contributed by atoms with E-state index in [1.54, 1.807) is 30.6 Å². The molecule has 0 bridgehead atoms. The number of aliphatic hydroxyl groups excluding tert-OH is 1. The number of pyridine rings is 1. The minimum absolute atomic E-state index is 0.0397. The number of rotatable bonds is 5. The standard InChI is InChI=1S/C12H14N2O3S/c15-8-2-6-14-18(16,17)12-4-1-3-10-9-13-7-5-11(10)12/h1,3-5,7,9,14-15H,2,6,8H2. The minimum Gasteiger partial charge on any atom is -0.396 e. The van der Waals surface area contributed by atoms with Gasteiger partial charge in [0.1, 0.15) is 0 Å². The molecule has 6 heteroatoms. The summed E-state index contributed by atoms with van der Waals surface area (Å²) >= 11 is 0. The topological polar surface area (TPSA) is 79.3 Å². The Balaban J connectivity index is 2.41. The number of aliphatic hydroxyl groups is 1. The van der Waals surface area contributed by atoms with Crippen LogP contribution in [0.5, 0.6) is 0 Å². The van der Waals surface area contributed by atoms with Gasteiger partial charge in [-0.1, -0.05) is 12.1 Å². The second-order valence-electron chi connectivity index (χ2n) is 3.83. The van der Waals surface area contributed by atoms with Crippen molar-refractivity contribution in [2.24, 2.45) is 0 Å². The molecule has 1 heterocycles. The van der Waals surface area contributed by atoms with Crippen LogP contribution in [0.15, 0.2) is 41.6 Å². The van der Waals surface area contributed by atoms with E-state index in [9.17, 15) is 8.42 Å². The average molecular weight is 266 g/mol. The Labute approximate surface area is 106 Å². The van der Waals surface area contributed by atoms with Gasteiger partial charge in [-0.15, -0.1) is 0 Å². The molecule has 2 rings (SSSR count). The van der Waals surface area contributed by atoms with Crippen molar-refractivity contribution in [1.82, 2.24) is 9.71 Å². The predicted molar refractivity (Wildman–Crippen MR) is 68.6 cm³/mol. The van der Waals surface area contributed by atoms with Crippen LogP contribution >= 0.6 is 0 Å².